The standard InChI is InChI=1S/C9H11N3/c10-4-6-5-12-9-3-7(11)1-2-8(6)9/h1-3,5,12H,4,10-11H2. The van der Waals surface area contributed by atoms with Gasteiger partial charge in [-0.25, -0.2) is 0 Å². The van der Waals surface area contributed by atoms with E-state index >= 15 is 0 Å². The van der Waals surface area contributed by atoms with Crippen molar-refractivity contribution in [2.45, 2.75) is 6.54 Å². The van der Waals surface area contributed by atoms with Gasteiger partial charge in [-0.15, -0.1) is 0 Å². The number of benzene rings is 1. The van der Waals surface area contributed by atoms with Gasteiger partial charge in [-0.2, -0.15) is 0 Å². The monoisotopic (exact) mass is 161 g/mol. The van der Waals surface area contributed by atoms with Gasteiger partial charge in [0.15, 0.2) is 0 Å². The van der Waals surface area contributed by atoms with Crippen LogP contribution in [0, 0.1) is 0 Å². The second-order valence-electron chi connectivity index (χ2n) is 2.82. The van der Waals surface area contributed by atoms with Crippen LogP contribution in [0.25, 0.3) is 10.9 Å². The molecule has 1 aromatic heterocycles. The van der Waals surface area contributed by atoms with Gasteiger partial charge in [0.2, 0.25) is 0 Å². The molecule has 62 valence electrons. The Labute approximate surface area is 70.4 Å². The van der Waals surface area contributed by atoms with Crippen LogP contribution in [0.1, 0.15) is 5.56 Å². The average molecular weight is 161 g/mol. The molecule has 5 N–H and O–H groups in total. The maximum absolute atomic E-state index is 5.62. The number of nitrogens with two attached hydrogens (primary N) is 2. The van der Waals surface area contributed by atoms with Gasteiger partial charge in [-0.05, 0) is 17.7 Å². The normalized spacial score (nSPS) is 10.8. The Morgan fingerprint density at radius 1 is 1.33 bits per heavy atom. The summed E-state index contributed by atoms with van der Waals surface area (Å²) in [6.07, 6.45) is 1.92. The molecule has 0 aliphatic carbocycles. The largest absolute Gasteiger partial charge is 0.399 e. The Morgan fingerprint density at radius 3 is 2.92 bits per heavy atom. The Morgan fingerprint density at radius 2 is 2.17 bits per heavy atom. The number of aromatic nitrogens is 1. The molecule has 0 bridgehead atoms. The Balaban J connectivity index is 2.73. The first-order valence-corrected chi connectivity index (χ1v) is 3.87. The van der Waals surface area contributed by atoms with Crippen LogP contribution in [0.4, 0.5) is 5.69 Å². The van der Waals surface area contributed by atoms with Gasteiger partial charge < -0.3 is 16.5 Å². The fourth-order valence-electron chi connectivity index (χ4n) is 1.37. The number of fused-ring (bicyclic) bond motifs is 1. The first-order chi connectivity index (χ1) is 5.81. The SMILES string of the molecule is NCc1c[nH]c2cc(N)ccc12. The van der Waals surface area contributed by atoms with E-state index < -0.39 is 0 Å². The van der Waals surface area contributed by atoms with Crippen molar-refractivity contribution in [3.8, 4) is 0 Å². The molecule has 2 aromatic rings. The summed E-state index contributed by atoms with van der Waals surface area (Å²) in [7, 11) is 0. The van der Waals surface area contributed by atoms with E-state index in [-0.39, 0.29) is 0 Å². The van der Waals surface area contributed by atoms with Crippen LogP contribution in [0.3, 0.4) is 0 Å². The summed E-state index contributed by atoms with van der Waals surface area (Å²) in [6, 6.07) is 5.78. The number of nitrogens with one attached hydrogen (secondary N) is 1. The van der Waals surface area contributed by atoms with E-state index in [9.17, 15) is 0 Å². The van der Waals surface area contributed by atoms with Crippen molar-refractivity contribution in [2.24, 2.45) is 5.73 Å². The predicted molar refractivity (Wildman–Crippen MR) is 50.6 cm³/mol. The number of nitrogen functional groups attached to an aromatic ring is 1. The second kappa shape index (κ2) is 2.53. The predicted octanol–water partition coefficient (Wildman–Crippen LogP) is 1.21. The lowest BCUT2D eigenvalue weighted by Crippen LogP contribution is -1.94. The second-order valence-corrected chi connectivity index (χ2v) is 2.82. The van der Waals surface area contributed by atoms with E-state index in [0.717, 1.165) is 22.2 Å². The van der Waals surface area contributed by atoms with Crippen molar-refractivity contribution in [1.29, 1.82) is 0 Å². The molecule has 0 atom stereocenters. The van der Waals surface area contributed by atoms with Crippen LogP contribution in [0.2, 0.25) is 0 Å². The number of anilines is 1. The molecule has 3 nitrogen and oxygen atoms in total. The zero-order valence-electron chi connectivity index (χ0n) is 6.67. The minimum Gasteiger partial charge on any atom is -0.399 e. The number of aromatic amines is 1. The van der Waals surface area contributed by atoms with Gasteiger partial charge in [0, 0.05) is 29.3 Å². The number of hydrogen-bond donors (Lipinski definition) is 3. The van der Waals surface area contributed by atoms with Crippen LogP contribution < -0.4 is 11.5 Å². The molecule has 1 heterocycles. The van der Waals surface area contributed by atoms with Crippen molar-refractivity contribution < 1.29 is 0 Å². The molecule has 0 unspecified atom stereocenters. The van der Waals surface area contributed by atoms with Crippen molar-refractivity contribution >= 4 is 16.6 Å². The molecule has 0 saturated carbocycles. The molecule has 0 saturated heterocycles. The first kappa shape index (κ1) is 7.18. The van der Waals surface area contributed by atoms with Crippen LogP contribution >= 0.6 is 0 Å². The lowest BCUT2D eigenvalue weighted by molar-refractivity contribution is 1.08. The lowest BCUT2D eigenvalue weighted by atomic mass is 10.1. The maximum Gasteiger partial charge on any atom is 0.0477 e. The van der Waals surface area contributed by atoms with E-state index in [0.29, 0.717) is 6.54 Å². The summed E-state index contributed by atoms with van der Waals surface area (Å²) in [4.78, 5) is 3.12. The molecule has 0 aliphatic rings. The third kappa shape index (κ3) is 0.950. The van der Waals surface area contributed by atoms with Gasteiger partial charge in [0.1, 0.15) is 0 Å². The molecule has 12 heavy (non-hydrogen) atoms. The van der Waals surface area contributed by atoms with Crippen molar-refractivity contribution in [2.75, 3.05) is 5.73 Å². The molecule has 3 heteroatoms. The zero-order chi connectivity index (χ0) is 8.55. The fraction of sp³-hybridized carbons (Fsp3) is 0.111. The summed E-state index contributed by atoms with van der Waals surface area (Å²) in [5.41, 5.74) is 14.1. The Bertz CT molecular complexity index is 403. The summed E-state index contributed by atoms with van der Waals surface area (Å²) < 4.78 is 0. The number of hydrogen-bond acceptors (Lipinski definition) is 2. The molecule has 0 spiro atoms. The molecule has 0 fully saturated rings. The van der Waals surface area contributed by atoms with Gasteiger partial charge >= 0.3 is 0 Å². The summed E-state index contributed by atoms with van der Waals surface area (Å²) in [5, 5.41) is 1.16. The maximum atomic E-state index is 5.62. The zero-order valence-corrected chi connectivity index (χ0v) is 6.67. The van der Waals surface area contributed by atoms with E-state index in [1.54, 1.807) is 0 Å². The van der Waals surface area contributed by atoms with Crippen LogP contribution in [0.5, 0.6) is 0 Å². The van der Waals surface area contributed by atoms with Crippen molar-refractivity contribution in [3.63, 3.8) is 0 Å². The summed E-state index contributed by atoms with van der Waals surface area (Å²) >= 11 is 0. The third-order valence-electron chi connectivity index (χ3n) is 2.01. The smallest absolute Gasteiger partial charge is 0.0477 e. The van der Waals surface area contributed by atoms with E-state index in [4.69, 9.17) is 11.5 Å². The van der Waals surface area contributed by atoms with Crippen LogP contribution in [0.15, 0.2) is 24.4 Å². The highest BCUT2D eigenvalue weighted by atomic mass is 14.7. The van der Waals surface area contributed by atoms with Gasteiger partial charge in [0.25, 0.3) is 0 Å². The van der Waals surface area contributed by atoms with E-state index in [1.807, 2.05) is 24.4 Å². The van der Waals surface area contributed by atoms with Crippen LogP contribution in [-0.2, 0) is 6.54 Å². The minimum atomic E-state index is 0.559. The van der Waals surface area contributed by atoms with E-state index in [2.05, 4.69) is 4.98 Å². The highest BCUT2D eigenvalue weighted by molar-refractivity contribution is 5.85. The van der Waals surface area contributed by atoms with Gasteiger partial charge in [0.05, 0.1) is 0 Å². The molecular weight excluding hydrogens is 150 g/mol. The third-order valence-corrected chi connectivity index (χ3v) is 2.01. The molecule has 1 aromatic carbocycles. The highest BCUT2D eigenvalue weighted by Gasteiger charge is 2.00. The topological polar surface area (TPSA) is 67.8 Å². The molecule has 0 radical (unpaired) electrons. The molecule has 2 rings (SSSR count). The van der Waals surface area contributed by atoms with Crippen molar-refractivity contribution in [1.82, 2.24) is 4.98 Å². The summed E-state index contributed by atoms with van der Waals surface area (Å²) in [6.45, 7) is 0.559. The van der Waals surface area contributed by atoms with Gasteiger partial charge in [-0.1, -0.05) is 6.07 Å². The van der Waals surface area contributed by atoms with Gasteiger partial charge in [-0.3, -0.25) is 0 Å². The van der Waals surface area contributed by atoms with Crippen LogP contribution in [-0.4, -0.2) is 4.98 Å². The van der Waals surface area contributed by atoms with Crippen molar-refractivity contribution in [3.05, 3.63) is 30.0 Å². The molecule has 0 aliphatic heterocycles. The number of H-pyrrole nitrogens is 1. The Kier molecular flexibility index (Phi) is 1.52. The minimum absolute atomic E-state index is 0.559. The highest BCUT2D eigenvalue weighted by Crippen LogP contribution is 2.19. The summed E-state index contributed by atoms with van der Waals surface area (Å²) in [5.74, 6) is 0. The molecule has 0 amide bonds. The molecular formula is C9H11N3. The quantitative estimate of drug-likeness (QED) is 0.550. The lowest BCUT2D eigenvalue weighted by Gasteiger charge is -1.94. The fourth-order valence-corrected chi connectivity index (χ4v) is 1.37. The number of rotatable bonds is 1. The average Bonchev–Trinajstić information content (AvgIpc) is 2.46. The Hall–Kier alpha value is -1.48. The van der Waals surface area contributed by atoms with E-state index in [1.165, 1.54) is 0 Å². The first-order valence-electron chi connectivity index (χ1n) is 3.87.